The molecular formula is C18H26N4O5. The van der Waals surface area contributed by atoms with Crippen LogP contribution in [0.2, 0.25) is 0 Å². The average molecular weight is 378 g/mol. The molecule has 1 heterocycles. The molecule has 0 aromatic heterocycles. The normalized spacial score (nSPS) is 25.1. The minimum atomic E-state index is -1.04. The molecular weight excluding hydrogens is 352 g/mol. The highest BCUT2D eigenvalue weighted by Crippen LogP contribution is 2.38. The van der Waals surface area contributed by atoms with Crippen LogP contribution in [0.15, 0.2) is 0 Å². The van der Waals surface area contributed by atoms with Gasteiger partial charge in [0.1, 0.15) is 17.6 Å². The molecule has 0 aromatic carbocycles. The Labute approximate surface area is 158 Å². The van der Waals surface area contributed by atoms with Gasteiger partial charge in [0.25, 0.3) is 11.8 Å². The van der Waals surface area contributed by atoms with Crippen molar-refractivity contribution in [1.29, 1.82) is 5.26 Å². The molecule has 1 aliphatic heterocycles. The van der Waals surface area contributed by atoms with Gasteiger partial charge in [0.05, 0.1) is 6.07 Å². The zero-order chi connectivity index (χ0) is 20.4. The largest absolute Gasteiger partial charge is 0.454 e. The Balaban J connectivity index is 1.94. The second-order valence-corrected chi connectivity index (χ2v) is 7.72. The Bertz CT molecular complexity index is 698. The van der Waals surface area contributed by atoms with Gasteiger partial charge in [-0.05, 0) is 32.6 Å². The van der Waals surface area contributed by atoms with Crippen LogP contribution in [0.25, 0.3) is 0 Å². The first kappa shape index (κ1) is 20.7. The summed E-state index contributed by atoms with van der Waals surface area (Å²) < 4.78 is 4.91. The molecule has 2 fully saturated rings. The summed E-state index contributed by atoms with van der Waals surface area (Å²) in [4.78, 5) is 51.1. The third-order valence-electron chi connectivity index (χ3n) is 5.63. The number of imide groups is 1. The highest BCUT2D eigenvalue weighted by Gasteiger charge is 2.55. The standard InChI is InChI=1S/C18H26N4O5/c1-12-7-5-6-8-18(12)15(25)22(16(26)20-18)9-14(24)27-10-13(23)21(4)17(2,3)11-19/h12H,5-10H2,1-4H3,(H,20,26)/t12-,18+/m0/s1. The van der Waals surface area contributed by atoms with Crippen LogP contribution < -0.4 is 5.32 Å². The number of esters is 1. The lowest BCUT2D eigenvalue weighted by atomic mass is 9.73. The van der Waals surface area contributed by atoms with E-state index in [9.17, 15) is 19.2 Å². The summed E-state index contributed by atoms with van der Waals surface area (Å²) in [5, 5.41) is 11.8. The maximum Gasteiger partial charge on any atom is 0.326 e. The van der Waals surface area contributed by atoms with Crippen molar-refractivity contribution in [2.24, 2.45) is 5.92 Å². The SMILES string of the molecule is C[C@H]1CCCC[C@@]12NC(=O)N(CC(=O)OCC(=O)N(C)C(C)(C)C#N)C2=O. The van der Waals surface area contributed by atoms with Gasteiger partial charge >= 0.3 is 12.0 Å². The van der Waals surface area contributed by atoms with Crippen molar-refractivity contribution >= 4 is 23.8 Å². The maximum atomic E-state index is 12.8. The van der Waals surface area contributed by atoms with Gasteiger partial charge in [0, 0.05) is 7.05 Å². The Hall–Kier alpha value is -2.63. The molecule has 9 heteroatoms. The molecule has 0 radical (unpaired) electrons. The molecule has 2 atom stereocenters. The molecule has 148 valence electrons. The Morgan fingerprint density at radius 2 is 2.07 bits per heavy atom. The van der Waals surface area contributed by atoms with Gasteiger partial charge in [-0.2, -0.15) is 5.26 Å². The van der Waals surface area contributed by atoms with Gasteiger partial charge in [-0.25, -0.2) is 4.79 Å². The number of nitrogens with zero attached hydrogens (tertiary/aromatic N) is 3. The van der Waals surface area contributed by atoms with E-state index in [2.05, 4.69) is 5.32 Å². The molecule has 2 aliphatic rings. The van der Waals surface area contributed by atoms with Gasteiger partial charge in [0.15, 0.2) is 6.61 Å². The molecule has 1 saturated carbocycles. The van der Waals surface area contributed by atoms with Crippen molar-refractivity contribution in [3.8, 4) is 6.07 Å². The quantitative estimate of drug-likeness (QED) is 0.558. The summed E-state index contributed by atoms with van der Waals surface area (Å²) in [5.74, 6) is -1.82. The van der Waals surface area contributed by atoms with E-state index < -0.39 is 48.0 Å². The van der Waals surface area contributed by atoms with Crippen LogP contribution in [-0.2, 0) is 19.1 Å². The second-order valence-electron chi connectivity index (χ2n) is 7.72. The number of rotatable bonds is 5. The number of nitrogens with one attached hydrogen (secondary N) is 1. The summed E-state index contributed by atoms with van der Waals surface area (Å²) in [6, 6.07) is 1.36. The van der Waals surface area contributed by atoms with E-state index in [0.717, 1.165) is 24.2 Å². The van der Waals surface area contributed by atoms with Crippen molar-refractivity contribution in [2.75, 3.05) is 20.2 Å². The van der Waals surface area contributed by atoms with Crippen molar-refractivity contribution in [3.63, 3.8) is 0 Å². The van der Waals surface area contributed by atoms with Crippen LogP contribution in [0, 0.1) is 17.2 Å². The van der Waals surface area contributed by atoms with Crippen LogP contribution in [0.4, 0.5) is 4.79 Å². The third-order valence-corrected chi connectivity index (χ3v) is 5.63. The molecule has 1 spiro atoms. The van der Waals surface area contributed by atoms with Crippen LogP contribution in [-0.4, -0.2) is 64.9 Å². The van der Waals surface area contributed by atoms with E-state index in [1.807, 2.05) is 13.0 Å². The van der Waals surface area contributed by atoms with Gasteiger partial charge in [-0.1, -0.05) is 19.8 Å². The highest BCUT2D eigenvalue weighted by atomic mass is 16.5. The fourth-order valence-electron chi connectivity index (χ4n) is 3.44. The van der Waals surface area contributed by atoms with Crippen molar-refractivity contribution in [2.45, 2.75) is 57.5 Å². The number of nitriles is 1. The topological polar surface area (TPSA) is 120 Å². The van der Waals surface area contributed by atoms with E-state index in [1.165, 1.54) is 11.9 Å². The second kappa shape index (κ2) is 7.55. The first-order valence-corrected chi connectivity index (χ1v) is 9.03. The fourth-order valence-corrected chi connectivity index (χ4v) is 3.44. The number of ether oxygens (including phenoxy) is 1. The number of carbonyl (C=O) groups excluding carboxylic acids is 4. The summed E-state index contributed by atoms with van der Waals surface area (Å²) >= 11 is 0. The van der Waals surface area contributed by atoms with Crippen LogP contribution >= 0.6 is 0 Å². The molecule has 27 heavy (non-hydrogen) atoms. The summed E-state index contributed by atoms with van der Waals surface area (Å²) in [7, 11) is 1.44. The Morgan fingerprint density at radius 1 is 1.41 bits per heavy atom. The van der Waals surface area contributed by atoms with Gasteiger partial charge in [-0.15, -0.1) is 0 Å². The average Bonchev–Trinajstić information content (AvgIpc) is 2.86. The van der Waals surface area contributed by atoms with Gasteiger partial charge < -0.3 is 15.0 Å². The van der Waals surface area contributed by atoms with E-state index in [1.54, 1.807) is 13.8 Å². The third kappa shape index (κ3) is 3.89. The number of carbonyl (C=O) groups is 4. The minimum absolute atomic E-state index is 0.00726. The number of likely N-dealkylation sites (N-methyl/N-ethyl adjacent to an activating group) is 1. The molecule has 2 rings (SSSR count). The van der Waals surface area contributed by atoms with E-state index in [0.29, 0.717) is 6.42 Å². The lowest BCUT2D eigenvalue weighted by Gasteiger charge is -2.36. The number of hydrogen-bond acceptors (Lipinski definition) is 6. The summed E-state index contributed by atoms with van der Waals surface area (Å²) in [6.07, 6.45) is 3.23. The summed E-state index contributed by atoms with van der Waals surface area (Å²) in [5.41, 5.74) is -1.99. The van der Waals surface area contributed by atoms with Crippen molar-refractivity contribution < 1.29 is 23.9 Å². The van der Waals surface area contributed by atoms with Crippen LogP contribution in [0.1, 0.15) is 46.5 Å². The zero-order valence-corrected chi connectivity index (χ0v) is 16.2. The van der Waals surface area contributed by atoms with Gasteiger partial charge in [-0.3, -0.25) is 19.3 Å². The van der Waals surface area contributed by atoms with Crippen molar-refractivity contribution in [3.05, 3.63) is 0 Å². The lowest BCUT2D eigenvalue weighted by molar-refractivity contribution is -0.154. The Kier molecular flexibility index (Phi) is 5.78. The number of urea groups is 1. The predicted octanol–water partition coefficient (Wildman–Crippen LogP) is 0.791. The summed E-state index contributed by atoms with van der Waals surface area (Å²) in [6.45, 7) is 3.93. The van der Waals surface area contributed by atoms with E-state index >= 15 is 0 Å². The lowest BCUT2D eigenvalue weighted by Crippen LogP contribution is -2.54. The van der Waals surface area contributed by atoms with Crippen LogP contribution in [0.5, 0.6) is 0 Å². The molecule has 4 amide bonds. The van der Waals surface area contributed by atoms with E-state index in [4.69, 9.17) is 10.00 Å². The molecule has 1 aliphatic carbocycles. The monoisotopic (exact) mass is 378 g/mol. The number of hydrogen-bond donors (Lipinski definition) is 1. The molecule has 1 saturated heterocycles. The number of amides is 4. The first-order valence-electron chi connectivity index (χ1n) is 9.03. The molecule has 1 N–H and O–H groups in total. The molecule has 0 bridgehead atoms. The molecule has 9 nitrogen and oxygen atoms in total. The smallest absolute Gasteiger partial charge is 0.326 e. The maximum absolute atomic E-state index is 12.8. The first-order chi connectivity index (χ1) is 12.5. The fraction of sp³-hybridized carbons (Fsp3) is 0.722. The highest BCUT2D eigenvalue weighted by molar-refractivity contribution is 6.09. The zero-order valence-electron chi connectivity index (χ0n) is 16.2. The molecule has 0 unspecified atom stereocenters. The predicted molar refractivity (Wildman–Crippen MR) is 94.0 cm³/mol. The van der Waals surface area contributed by atoms with Crippen LogP contribution in [0.3, 0.4) is 0 Å². The molecule has 0 aromatic rings. The Morgan fingerprint density at radius 3 is 2.67 bits per heavy atom. The van der Waals surface area contributed by atoms with Crippen molar-refractivity contribution in [1.82, 2.24) is 15.1 Å². The minimum Gasteiger partial charge on any atom is -0.454 e. The van der Waals surface area contributed by atoms with E-state index in [-0.39, 0.29) is 5.92 Å². The van der Waals surface area contributed by atoms with Gasteiger partial charge in [0.2, 0.25) is 0 Å².